The third-order valence-electron chi connectivity index (χ3n) is 5.38. The highest BCUT2D eigenvalue weighted by Crippen LogP contribution is 2.43. The number of hydrogen-bond acceptors (Lipinski definition) is 3. The summed E-state index contributed by atoms with van der Waals surface area (Å²) in [4.78, 5) is 13.5. The SMILES string of the molecule is COc1ccc(C(=O)C(C)(O[Si](C)(C)C(C)(C)C)c2ccccc2)cc1. The van der Waals surface area contributed by atoms with Crippen LogP contribution in [0, 0.1) is 0 Å². The molecule has 0 saturated heterocycles. The van der Waals surface area contributed by atoms with Gasteiger partial charge in [0, 0.05) is 5.56 Å². The summed E-state index contributed by atoms with van der Waals surface area (Å²) in [7, 11) is -0.566. The minimum atomic E-state index is -2.18. The summed E-state index contributed by atoms with van der Waals surface area (Å²) in [5, 5.41) is 0.00320. The Kier molecular flexibility index (Phi) is 5.78. The molecular weight excluding hydrogens is 340 g/mol. The van der Waals surface area contributed by atoms with E-state index < -0.39 is 13.9 Å². The first-order valence-corrected chi connectivity index (χ1v) is 11.9. The largest absolute Gasteiger partial charge is 0.497 e. The zero-order valence-corrected chi connectivity index (χ0v) is 17.9. The smallest absolute Gasteiger partial charge is 0.197 e. The molecule has 2 rings (SSSR count). The van der Waals surface area contributed by atoms with Crippen LogP contribution >= 0.6 is 0 Å². The lowest BCUT2D eigenvalue weighted by molar-refractivity contribution is 0.0447. The number of Topliss-reactive ketones (excluding diaryl/α,β-unsaturated/α-hetero) is 1. The lowest BCUT2D eigenvalue weighted by atomic mass is 9.88. The van der Waals surface area contributed by atoms with Gasteiger partial charge in [-0.25, -0.2) is 0 Å². The Morgan fingerprint density at radius 2 is 1.42 bits per heavy atom. The van der Waals surface area contributed by atoms with Crippen LogP contribution in [0.25, 0.3) is 0 Å². The molecule has 2 aromatic rings. The van der Waals surface area contributed by atoms with Gasteiger partial charge in [-0.15, -0.1) is 0 Å². The van der Waals surface area contributed by atoms with Crippen LogP contribution in [0.15, 0.2) is 54.6 Å². The van der Waals surface area contributed by atoms with Crippen LogP contribution in [0.1, 0.15) is 43.6 Å². The Morgan fingerprint density at radius 3 is 1.88 bits per heavy atom. The molecule has 1 atom stereocenters. The molecule has 26 heavy (non-hydrogen) atoms. The van der Waals surface area contributed by atoms with Crippen molar-refractivity contribution in [2.75, 3.05) is 7.11 Å². The molecule has 0 aliphatic carbocycles. The maximum absolute atomic E-state index is 13.5. The van der Waals surface area contributed by atoms with Crippen molar-refractivity contribution in [3.05, 3.63) is 65.7 Å². The van der Waals surface area contributed by atoms with Gasteiger partial charge >= 0.3 is 0 Å². The molecule has 0 fully saturated rings. The van der Waals surface area contributed by atoms with E-state index in [1.54, 1.807) is 19.2 Å². The highest BCUT2D eigenvalue weighted by atomic mass is 28.4. The molecule has 4 heteroatoms. The van der Waals surface area contributed by atoms with E-state index in [0.29, 0.717) is 5.56 Å². The summed E-state index contributed by atoms with van der Waals surface area (Å²) in [6, 6.07) is 17.0. The number of benzene rings is 2. The van der Waals surface area contributed by atoms with Crippen molar-refractivity contribution in [2.45, 2.75) is 51.4 Å². The standard InChI is InChI=1S/C22H30O3Si/c1-21(2,3)26(6,7)25-22(4,18-11-9-8-10-12-18)20(23)17-13-15-19(24-5)16-14-17/h8-16H,1-7H3. The highest BCUT2D eigenvalue weighted by molar-refractivity contribution is 6.74. The molecule has 0 spiro atoms. The second-order valence-corrected chi connectivity index (χ2v) is 13.0. The fraction of sp³-hybridized carbons (Fsp3) is 0.409. The number of ether oxygens (including phenoxy) is 1. The van der Waals surface area contributed by atoms with Crippen LogP contribution in [0.5, 0.6) is 5.75 Å². The van der Waals surface area contributed by atoms with Gasteiger partial charge in [0.15, 0.2) is 14.1 Å². The van der Waals surface area contributed by atoms with Gasteiger partial charge in [0.05, 0.1) is 7.11 Å². The van der Waals surface area contributed by atoms with Crippen molar-refractivity contribution in [2.24, 2.45) is 0 Å². The number of hydrogen-bond donors (Lipinski definition) is 0. The molecule has 140 valence electrons. The Labute approximate surface area is 158 Å². The first kappa shape index (κ1) is 20.4. The number of methoxy groups -OCH3 is 1. The fourth-order valence-corrected chi connectivity index (χ4v) is 4.21. The number of carbonyl (C=O) groups is 1. The maximum Gasteiger partial charge on any atom is 0.197 e. The molecular formula is C22H30O3Si. The van der Waals surface area contributed by atoms with E-state index in [2.05, 4.69) is 33.9 Å². The third-order valence-corrected chi connectivity index (χ3v) is 9.91. The quantitative estimate of drug-likeness (QED) is 0.475. The monoisotopic (exact) mass is 370 g/mol. The molecule has 0 radical (unpaired) electrons. The summed E-state index contributed by atoms with van der Waals surface area (Å²) >= 11 is 0. The summed E-state index contributed by atoms with van der Waals surface area (Å²) in [5.74, 6) is 0.699. The van der Waals surface area contributed by atoms with Gasteiger partial charge in [-0.05, 0) is 54.9 Å². The number of ketones is 1. The van der Waals surface area contributed by atoms with Gasteiger partial charge in [-0.2, -0.15) is 0 Å². The van der Waals surface area contributed by atoms with Gasteiger partial charge in [-0.3, -0.25) is 4.79 Å². The lowest BCUT2D eigenvalue weighted by Gasteiger charge is -2.43. The molecule has 0 amide bonds. The predicted octanol–water partition coefficient (Wildman–Crippen LogP) is 5.82. The Hall–Kier alpha value is -1.91. The van der Waals surface area contributed by atoms with Crippen molar-refractivity contribution in [3.8, 4) is 5.75 Å². The van der Waals surface area contributed by atoms with E-state index in [1.165, 1.54) is 0 Å². The molecule has 0 aromatic heterocycles. The van der Waals surface area contributed by atoms with E-state index in [1.807, 2.05) is 49.4 Å². The van der Waals surface area contributed by atoms with E-state index in [0.717, 1.165) is 11.3 Å². The van der Waals surface area contributed by atoms with Crippen LogP contribution in [0.3, 0.4) is 0 Å². The van der Waals surface area contributed by atoms with Crippen LogP contribution < -0.4 is 4.74 Å². The molecule has 1 unspecified atom stereocenters. The molecule has 0 bridgehead atoms. The fourth-order valence-electron chi connectivity index (χ4n) is 2.67. The second kappa shape index (κ2) is 7.37. The normalized spacial score (nSPS) is 14.6. The number of carbonyl (C=O) groups excluding carboxylic acids is 1. The number of rotatable bonds is 6. The summed E-state index contributed by atoms with van der Waals surface area (Å²) in [5.41, 5.74) is 0.472. The third kappa shape index (κ3) is 4.08. The zero-order chi connectivity index (χ0) is 19.6. The van der Waals surface area contributed by atoms with Gasteiger partial charge in [-0.1, -0.05) is 51.1 Å². The zero-order valence-electron chi connectivity index (χ0n) is 16.9. The van der Waals surface area contributed by atoms with Crippen LogP contribution in [-0.4, -0.2) is 21.2 Å². The van der Waals surface area contributed by atoms with E-state index in [-0.39, 0.29) is 10.8 Å². The van der Waals surface area contributed by atoms with Crippen molar-refractivity contribution in [1.29, 1.82) is 0 Å². The Morgan fingerprint density at radius 1 is 0.885 bits per heavy atom. The minimum Gasteiger partial charge on any atom is -0.497 e. The van der Waals surface area contributed by atoms with Gasteiger partial charge in [0.25, 0.3) is 0 Å². The first-order chi connectivity index (χ1) is 12.0. The van der Waals surface area contributed by atoms with Gasteiger partial charge < -0.3 is 9.16 Å². The first-order valence-electron chi connectivity index (χ1n) is 8.96. The van der Waals surface area contributed by atoms with Gasteiger partial charge in [0.2, 0.25) is 0 Å². The van der Waals surface area contributed by atoms with Crippen molar-refractivity contribution < 1.29 is 14.0 Å². The van der Waals surface area contributed by atoms with Crippen LogP contribution in [0.2, 0.25) is 18.1 Å². The molecule has 0 saturated carbocycles. The van der Waals surface area contributed by atoms with E-state index in [4.69, 9.17) is 9.16 Å². The second-order valence-electron chi connectivity index (χ2n) is 8.32. The highest BCUT2D eigenvalue weighted by Gasteiger charge is 2.47. The van der Waals surface area contributed by atoms with Crippen molar-refractivity contribution >= 4 is 14.1 Å². The van der Waals surface area contributed by atoms with Gasteiger partial charge in [0.1, 0.15) is 11.4 Å². The summed E-state index contributed by atoms with van der Waals surface area (Å²) in [6.07, 6.45) is 0. The molecule has 0 aliphatic rings. The molecule has 0 heterocycles. The summed E-state index contributed by atoms with van der Waals surface area (Å²) in [6.45, 7) is 12.8. The van der Waals surface area contributed by atoms with Crippen molar-refractivity contribution in [1.82, 2.24) is 0 Å². The molecule has 3 nitrogen and oxygen atoms in total. The molecule has 2 aromatic carbocycles. The predicted molar refractivity (Wildman–Crippen MR) is 109 cm³/mol. The van der Waals surface area contributed by atoms with E-state index in [9.17, 15) is 4.79 Å². The average molecular weight is 371 g/mol. The topological polar surface area (TPSA) is 35.5 Å². The lowest BCUT2D eigenvalue weighted by Crippen LogP contribution is -2.50. The van der Waals surface area contributed by atoms with Crippen LogP contribution in [-0.2, 0) is 10.0 Å². The molecule has 0 aliphatic heterocycles. The molecule has 0 N–H and O–H groups in total. The minimum absolute atomic E-state index is 0.00320. The Bertz CT molecular complexity index is 745. The maximum atomic E-state index is 13.5. The van der Waals surface area contributed by atoms with Crippen molar-refractivity contribution in [3.63, 3.8) is 0 Å². The van der Waals surface area contributed by atoms with Crippen LogP contribution in [0.4, 0.5) is 0 Å². The average Bonchev–Trinajstić information content (AvgIpc) is 2.60. The Balaban J connectivity index is 2.51. The van der Waals surface area contributed by atoms with E-state index >= 15 is 0 Å². The summed E-state index contributed by atoms with van der Waals surface area (Å²) < 4.78 is 11.9.